The smallest absolute Gasteiger partial charge is 0.243 e. The van der Waals surface area contributed by atoms with Crippen LogP contribution in [-0.4, -0.2) is 101 Å². The first-order valence-corrected chi connectivity index (χ1v) is 17.2. The van der Waals surface area contributed by atoms with E-state index in [0.29, 0.717) is 73.9 Å². The van der Waals surface area contributed by atoms with E-state index in [1.54, 1.807) is 53.4 Å². The summed E-state index contributed by atoms with van der Waals surface area (Å²) in [5, 5.41) is 14.6. The molecule has 2 aromatic carbocycles. The normalized spacial score (nSPS) is 17.5. The number of morpholine rings is 1. The predicted octanol–water partition coefficient (Wildman–Crippen LogP) is 1.44. The van der Waals surface area contributed by atoms with Crippen molar-refractivity contribution in [2.75, 3.05) is 32.8 Å². The van der Waals surface area contributed by atoms with Gasteiger partial charge in [0.25, 0.3) is 0 Å². The van der Waals surface area contributed by atoms with Crippen LogP contribution in [0.15, 0.2) is 54.9 Å². The Balaban J connectivity index is 1.27. The van der Waals surface area contributed by atoms with Crippen LogP contribution in [0.4, 0.5) is 0 Å². The minimum Gasteiger partial charge on any atom is -0.378 e. The molecule has 46 heavy (non-hydrogen) atoms. The fourth-order valence-corrected chi connectivity index (χ4v) is 7.27. The van der Waals surface area contributed by atoms with E-state index in [0.717, 1.165) is 0 Å². The van der Waals surface area contributed by atoms with E-state index in [9.17, 15) is 22.8 Å². The number of hydrogen-bond acceptors (Lipinski definition) is 9. The van der Waals surface area contributed by atoms with Crippen molar-refractivity contribution in [2.24, 2.45) is 0 Å². The summed E-state index contributed by atoms with van der Waals surface area (Å²) < 4.78 is 35.8. The molecule has 2 saturated heterocycles. The van der Waals surface area contributed by atoms with Crippen LogP contribution < -0.4 is 10.0 Å². The molecule has 0 bridgehead atoms. The largest absolute Gasteiger partial charge is 0.378 e. The summed E-state index contributed by atoms with van der Waals surface area (Å²) in [7, 11) is -3.93. The summed E-state index contributed by atoms with van der Waals surface area (Å²) in [4.78, 5) is 43.3. The highest BCUT2D eigenvalue weighted by Gasteiger charge is 2.38. The van der Waals surface area contributed by atoms with Gasteiger partial charge in [0.2, 0.25) is 27.7 Å². The molecule has 3 heterocycles. The quantitative estimate of drug-likeness (QED) is 0.273. The molecule has 16 heteroatoms. The van der Waals surface area contributed by atoms with Crippen molar-refractivity contribution in [1.82, 2.24) is 40.0 Å². The van der Waals surface area contributed by atoms with E-state index in [2.05, 4.69) is 25.6 Å². The number of aromatic nitrogens is 4. The number of carbonyl (C=O) groups is 3. The zero-order chi connectivity index (χ0) is 32.5. The number of sulfonamides is 1. The van der Waals surface area contributed by atoms with Gasteiger partial charge in [-0.2, -0.15) is 0 Å². The van der Waals surface area contributed by atoms with Gasteiger partial charge in [0.05, 0.1) is 24.7 Å². The van der Waals surface area contributed by atoms with Crippen molar-refractivity contribution < 1.29 is 27.5 Å². The SMILES string of the molecule is O=C(NCc1cc(Cl)ccc1-n1cnnn1)[C@@H]1CCCN1C(=O)[C@@H](CCCC(=O)N1CCOCC1)NS(=O)(=O)Cc1ccccc1. The Bertz CT molecular complexity index is 1600. The number of rotatable bonds is 13. The van der Waals surface area contributed by atoms with Crippen LogP contribution in [0.2, 0.25) is 5.02 Å². The Morgan fingerprint density at radius 1 is 1.07 bits per heavy atom. The minimum atomic E-state index is -3.93. The average molecular weight is 673 g/mol. The van der Waals surface area contributed by atoms with E-state index in [-0.39, 0.29) is 37.0 Å². The highest BCUT2D eigenvalue weighted by molar-refractivity contribution is 7.88. The molecule has 5 rings (SSSR count). The van der Waals surface area contributed by atoms with Gasteiger partial charge in [0.15, 0.2) is 0 Å². The van der Waals surface area contributed by atoms with Crippen molar-refractivity contribution in [3.8, 4) is 5.69 Å². The lowest BCUT2D eigenvalue weighted by molar-refractivity contribution is -0.140. The molecule has 0 spiro atoms. The summed E-state index contributed by atoms with van der Waals surface area (Å²) in [5.74, 6) is -1.24. The lowest BCUT2D eigenvalue weighted by Crippen LogP contribution is -2.53. The minimum absolute atomic E-state index is 0.0675. The van der Waals surface area contributed by atoms with Crippen LogP contribution in [0.25, 0.3) is 5.69 Å². The Labute approximate surface area is 272 Å². The Kier molecular flexibility index (Phi) is 11.3. The molecule has 2 atom stereocenters. The van der Waals surface area contributed by atoms with Crippen LogP contribution in [0, 0.1) is 0 Å². The molecular formula is C30H37ClN8O6S. The summed E-state index contributed by atoms with van der Waals surface area (Å²) in [6.45, 7) is 2.35. The van der Waals surface area contributed by atoms with Gasteiger partial charge in [-0.05, 0) is 65.4 Å². The maximum Gasteiger partial charge on any atom is 0.243 e. The maximum absolute atomic E-state index is 14.0. The van der Waals surface area contributed by atoms with E-state index < -0.39 is 28.0 Å². The molecule has 0 unspecified atom stereocenters. The second-order valence-corrected chi connectivity index (χ2v) is 13.4. The third kappa shape index (κ3) is 8.87. The third-order valence-electron chi connectivity index (χ3n) is 8.00. The zero-order valence-electron chi connectivity index (χ0n) is 25.3. The van der Waals surface area contributed by atoms with E-state index in [4.69, 9.17) is 16.3 Å². The molecule has 2 aliphatic rings. The van der Waals surface area contributed by atoms with Crippen molar-refractivity contribution in [1.29, 1.82) is 0 Å². The van der Waals surface area contributed by atoms with Crippen molar-refractivity contribution in [3.05, 3.63) is 71.0 Å². The summed E-state index contributed by atoms with van der Waals surface area (Å²) >= 11 is 6.22. The molecule has 14 nitrogen and oxygen atoms in total. The molecule has 1 aromatic heterocycles. The Hall–Kier alpha value is -3.92. The topological polar surface area (TPSA) is 169 Å². The van der Waals surface area contributed by atoms with Gasteiger partial charge < -0.3 is 19.9 Å². The predicted molar refractivity (Wildman–Crippen MR) is 168 cm³/mol. The molecule has 2 N–H and O–H groups in total. The summed E-state index contributed by atoms with van der Waals surface area (Å²) in [5.41, 5.74) is 1.87. The second-order valence-electron chi connectivity index (χ2n) is 11.2. The standard InChI is InChI=1S/C30H37ClN8O6S/c31-24-11-12-26(39-21-33-35-36-39)23(18-24)19-32-29(41)27-9-5-13-38(27)30(42)25(8-4-10-28(40)37-14-16-45-17-15-37)34-46(43,44)20-22-6-2-1-3-7-22/h1-3,6-7,11-12,18,21,25,27,34H,4-5,8-10,13-17,19-20H2,(H,32,41)/t25-,27+/m1/s1. The van der Waals surface area contributed by atoms with E-state index >= 15 is 0 Å². The molecule has 0 saturated carbocycles. The van der Waals surface area contributed by atoms with Gasteiger partial charge in [0, 0.05) is 37.6 Å². The fourth-order valence-electron chi connectivity index (χ4n) is 5.71. The van der Waals surface area contributed by atoms with E-state index in [1.807, 2.05) is 0 Å². The maximum atomic E-state index is 14.0. The van der Waals surface area contributed by atoms with Gasteiger partial charge in [-0.3, -0.25) is 14.4 Å². The van der Waals surface area contributed by atoms with Crippen molar-refractivity contribution in [2.45, 2.75) is 56.5 Å². The number of nitrogens with zero attached hydrogens (tertiary/aromatic N) is 6. The van der Waals surface area contributed by atoms with Crippen molar-refractivity contribution in [3.63, 3.8) is 0 Å². The molecule has 3 aromatic rings. The zero-order valence-corrected chi connectivity index (χ0v) is 26.8. The first kappa shape index (κ1) is 33.4. The number of halogens is 1. The summed E-state index contributed by atoms with van der Waals surface area (Å²) in [6.07, 6.45) is 2.99. The van der Waals surface area contributed by atoms with Crippen LogP contribution >= 0.6 is 11.6 Å². The highest BCUT2D eigenvalue weighted by atomic mass is 35.5. The number of carbonyl (C=O) groups excluding carboxylic acids is 3. The first-order chi connectivity index (χ1) is 22.2. The molecule has 0 radical (unpaired) electrons. The van der Waals surface area contributed by atoms with Crippen LogP contribution in [0.5, 0.6) is 0 Å². The first-order valence-electron chi connectivity index (χ1n) is 15.2. The van der Waals surface area contributed by atoms with Crippen LogP contribution in [0.1, 0.15) is 43.2 Å². The fraction of sp³-hybridized carbons (Fsp3) is 0.467. The third-order valence-corrected chi connectivity index (χ3v) is 9.59. The molecule has 2 aliphatic heterocycles. The number of tetrazole rings is 1. The molecule has 0 aliphatic carbocycles. The van der Waals surface area contributed by atoms with Crippen LogP contribution in [-0.2, 0) is 41.4 Å². The number of hydrogen-bond donors (Lipinski definition) is 2. The van der Waals surface area contributed by atoms with Gasteiger partial charge in [-0.1, -0.05) is 41.9 Å². The number of benzene rings is 2. The Morgan fingerprint density at radius 2 is 1.85 bits per heavy atom. The Morgan fingerprint density at radius 3 is 2.59 bits per heavy atom. The average Bonchev–Trinajstić information content (AvgIpc) is 3.77. The number of ether oxygens (including phenoxy) is 1. The summed E-state index contributed by atoms with van der Waals surface area (Å²) in [6, 6.07) is 11.9. The number of likely N-dealkylation sites (tertiary alicyclic amines) is 1. The lowest BCUT2D eigenvalue weighted by Gasteiger charge is -2.29. The number of nitrogens with one attached hydrogen (secondary N) is 2. The van der Waals surface area contributed by atoms with Gasteiger partial charge in [0.1, 0.15) is 18.4 Å². The molecule has 246 valence electrons. The second kappa shape index (κ2) is 15.6. The highest BCUT2D eigenvalue weighted by Crippen LogP contribution is 2.23. The molecule has 3 amide bonds. The van der Waals surface area contributed by atoms with Gasteiger partial charge in [-0.15, -0.1) is 5.10 Å². The molecule has 2 fully saturated rings. The number of amides is 3. The lowest BCUT2D eigenvalue weighted by atomic mass is 10.1. The monoisotopic (exact) mass is 672 g/mol. The van der Waals surface area contributed by atoms with E-state index in [1.165, 1.54) is 15.9 Å². The van der Waals surface area contributed by atoms with Gasteiger partial charge >= 0.3 is 0 Å². The molecular weight excluding hydrogens is 636 g/mol. The van der Waals surface area contributed by atoms with Crippen molar-refractivity contribution >= 4 is 39.3 Å². The van der Waals surface area contributed by atoms with Gasteiger partial charge in [-0.25, -0.2) is 17.8 Å². The van der Waals surface area contributed by atoms with Crippen LogP contribution in [0.3, 0.4) is 0 Å².